The van der Waals surface area contributed by atoms with E-state index >= 15 is 0 Å². The minimum Gasteiger partial charge on any atom is -0.503 e. The number of carbonyl (C=O) groups is 2. The number of ketones is 1. The van der Waals surface area contributed by atoms with E-state index < -0.39 is 11.9 Å². The molecule has 1 heterocycles. The van der Waals surface area contributed by atoms with Gasteiger partial charge in [0, 0.05) is 35.7 Å². The second-order valence-corrected chi connectivity index (χ2v) is 11.4. The molecule has 5 rings (SSSR count). The number of benzene rings is 3. The van der Waals surface area contributed by atoms with E-state index in [1.165, 1.54) is 7.11 Å². The summed E-state index contributed by atoms with van der Waals surface area (Å²) in [6.07, 6.45) is 1.37. The van der Waals surface area contributed by atoms with Gasteiger partial charge in [0.05, 0.1) is 38.0 Å². The van der Waals surface area contributed by atoms with Gasteiger partial charge in [-0.1, -0.05) is 36.4 Å². The Morgan fingerprint density at radius 3 is 2.33 bits per heavy atom. The van der Waals surface area contributed by atoms with Gasteiger partial charge < -0.3 is 29.4 Å². The van der Waals surface area contributed by atoms with E-state index in [0.717, 1.165) is 16.8 Å². The lowest BCUT2D eigenvalue weighted by Gasteiger charge is -2.37. The molecule has 0 amide bonds. The van der Waals surface area contributed by atoms with Crippen LogP contribution in [-0.4, -0.2) is 44.8 Å². The predicted molar refractivity (Wildman–Crippen MR) is 166 cm³/mol. The molecule has 43 heavy (non-hydrogen) atoms. The maximum Gasteiger partial charge on any atom is 0.336 e. The van der Waals surface area contributed by atoms with E-state index in [1.807, 2.05) is 55.5 Å². The van der Waals surface area contributed by atoms with Crippen LogP contribution < -0.4 is 19.5 Å². The van der Waals surface area contributed by atoms with Gasteiger partial charge in [-0.15, -0.1) is 0 Å². The lowest BCUT2D eigenvalue weighted by Crippen LogP contribution is -2.36. The number of phenolic OH excluding ortho intramolecular Hbond substituents is 1. The molecule has 1 aliphatic carbocycles. The maximum absolute atomic E-state index is 14.0. The van der Waals surface area contributed by atoms with Gasteiger partial charge in [-0.3, -0.25) is 4.79 Å². The molecule has 3 aromatic carbocycles. The fourth-order valence-corrected chi connectivity index (χ4v) is 6.35. The molecule has 8 nitrogen and oxygen atoms in total. The minimum atomic E-state index is -0.717. The predicted octanol–water partition coefficient (Wildman–Crippen LogP) is 6.33. The number of esters is 1. The molecule has 0 fully saturated rings. The molecule has 3 aromatic rings. The summed E-state index contributed by atoms with van der Waals surface area (Å²) < 4.78 is 22.5. The molecule has 2 aliphatic rings. The lowest BCUT2D eigenvalue weighted by molar-refractivity contribution is -0.139. The van der Waals surface area contributed by atoms with E-state index in [-0.39, 0.29) is 36.2 Å². The standard InChI is InChI=1S/C34H34BrNO7/c1-19-30(34(39)43-13-12-20-8-6-5-7-9-20)31(23-14-24(35)33(38)29(18-23)42-4)32-25(36-19)15-22(16-26(32)37)21-10-11-27(40-2)28(17-21)41-3/h5-11,14,17-18,22,31,36,38H,12-13,15-16H2,1-4H3. The molecule has 2 N–H and O–H groups in total. The molecule has 0 saturated carbocycles. The summed E-state index contributed by atoms with van der Waals surface area (Å²) in [5.74, 6) is -0.0297. The number of allylic oxidation sites excluding steroid dienone is 3. The Morgan fingerprint density at radius 2 is 1.63 bits per heavy atom. The Kier molecular flexibility index (Phi) is 9.11. The summed E-state index contributed by atoms with van der Waals surface area (Å²) in [5.41, 5.74) is 4.86. The number of rotatable bonds is 9. The molecule has 0 spiro atoms. The highest BCUT2D eigenvalue weighted by atomic mass is 79.9. The van der Waals surface area contributed by atoms with Crippen molar-refractivity contribution in [3.8, 4) is 23.0 Å². The Balaban J connectivity index is 1.52. The molecule has 0 saturated heterocycles. The number of nitrogens with one attached hydrogen (secondary N) is 1. The van der Waals surface area contributed by atoms with Crippen LogP contribution in [0.5, 0.6) is 23.0 Å². The summed E-state index contributed by atoms with van der Waals surface area (Å²) in [7, 11) is 4.62. The molecule has 0 bridgehead atoms. The monoisotopic (exact) mass is 647 g/mol. The number of phenols is 1. The summed E-state index contributed by atoms with van der Waals surface area (Å²) in [5, 5.41) is 13.9. The summed E-state index contributed by atoms with van der Waals surface area (Å²) in [4.78, 5) is 27.7. The second-order valence-electron chi connectivity index (χ2n) is 10.6. The first-order chi connectivity index (χ1) is 20.7. The second kappa shape index (κ2) is 13.0. The molecular formula is C34H34BrNO7. The van der Waals surface area contributed by atoms with E-state index in [9.17, 15) is 14.7 Å². The van der Waals surface area contributed by atoms with Crippen LogP contribution in [0.1, 0.15) is 48.3 Å². The number of hydrogen-bond acceptors (Lipinski definition) is 8. The zero-order valence-corrected chi connectivity index (χ0v) is 26.1. The highest BCUT2D eigenvalue weighted by molar-refractivity contribution is 9.10. The van der Waals surface area contributed by atoms with E-state index in [1.54, 1.807) is 26.4 Å². The van der Waals surface area contributed by atoms with Crippen molar-refractivity contribution in [1.82, 2.24) is 5.32 Å². The Hall–Kier alpha value is -4.24. The SMILES string of the molecule is COc1ccc(C2CC(=O)C3=C(C2)NC(C)=C(C(=O)OCCc2ccccc2)C3c2cc(Br)c(O)c(OC)c2)cc1OC. The smallest absolute Gasteiger partial charge is 0.336 e. The molecular weight excluding hydrogens is 614 g/mol. The molecule has 0 radical (unpaired) electrons. The average molecular weight is 649 g/mol. The number of Topliss-reactive ketones (excluding diaryl/α,β-unsaturated/α-hetero) is 1. The highest BCUT2D eigenvalue weighted by Gasteiger charge is 2.42. The van der Waals surface area contributed by atoms with Crippen LogP contribution in [0, 0.1) is 0 Å². The fraction of sp³-hybridized carbons (Fsp3) is 0.294. The van der Waals surface area contributed by atoms with Gasteiger partial charge in [-0.05, 0) is 76.1 Å². The van der Waals surface area contributed by atoms with Gasteiger partial charge in [0.15, 0.2) is 28.8 Å². The van der Waals surface area contributed by atoms with Crippen molar-refractivity contribution in [2.24, 2.45) is 0 Å². The summed E-state index contributed by atoms with van der Waals surface area (Å²) >= 11 is 3.41. The van der Waals surface area contributed by atoms with Crippen LogP contribution in [0.4, 0.5) is 0 Å². The number of dihydropyridines is 1. The number of aromatic hydroxyl groups is 1. The first-order valence-corrected chi connectivity index (χ1v) is 14.8. The molecule has 2 atom stereocenters. The molecule has 0 aromatic heterocycles. The summed E-state index contributed by atoms with van der Waals surface area (Å²) in [6, 6.07) is 18.9. The van der Waals surface area contributed by atoms with Gasteiger partial charge in [0.25, 0.3) is 0 Å². The molecule has 1 aliphatic heterocycles. The Labute approximate surface area is 259 Å². The van der Waals surface area contributed by atoms with Gasteiger partial charge in [-0.25, -0.2) is 4.79 Å². The quantitative estimate of drug-likeness (QED) is 0.260. The third-order valence-electron chi connectivity index (χ3n) is 8.00. The van der Waals surface area contributed by atoms with Crippen molar-refractivity contribution in [3.05, 3.63) is 104 Å². The highest BCUT2D eigenvalue weighted by Crippen LogP contribution is 2.48. The first kappa shape index (κ1) is 30.2. The zero-order valence-electron chi connectivity index (χ0n) is 24.5. The number of hydrogen-bond donors (Lipinski definition) is 2. The van der Waals surface area contributed by atoms with E-state index in [0.29, 0.717) is 51.2 Å². The maximum atomic E-state index is 14.0. The van der Waals surface area contributed by atoms with Crippen molar-refractivity contribution < 1.29 is 33.6 Å². The fourth-order valence-electron chi connectivity index (χ4n) is 5.89. The van der Waals surface area contributed by atoms with Crippen LogP contribution >= 0.6 is 15.9 Å². The number of halogens is 1. The number of methoxy groups -OCH3 is 3. The van der Waals surface area contributed by atoms with Crippen molar-refractivity contribution >= 4 is 27.7 Å². The third-order valence-corrected chi connectivity index (χ3v) is 8.60. The minimum absolute atomic E-state index is 0.0643. The average Bonchev–Trinajstić information content (AvgIpc) is 3.01. The van der Waals surface area contributed by atoms with E-state index in [2.05, 4.69) is 21.2 Å². The molecule has 2 unspecified atom stereocenters. The van der Waals surface area contributed by atoms with Crippen molar-refractivity contribution in [2.45, 2.75) is 38.0 Å². The zero-order chi connectivity index (χ0) is 30.7. The molecule has 9 heteroatoms. The Bertz CT molecular complexity index is 1610. The van der Waals surface area contributed by atoms with E-state index in [4.69, 9.17) is 18.9 Å². The van der Waals surface area contributed by atoms with Gasteiger partial charge in [-0.2, -0.15) is 0 Å². The topological polar surface area (TPSA) is 103 Å². The van der Waals surface area contributed by atoms with Crippen LogP contribution in [0.3, 0.4) is 0 Å². The lowest BCUT2D eigenvalue weighted by atomic mass is 9.71. The van der Waals surface area contributed by atoms with Crippen LogP contribution in [0.2, 0.25) is 0 Å². The van der Waals surface area contributed by atoms with Gasteiger partial charge in [0.1, 0.15) is 0 Å². The van der Waals surface area contributed by atoms with Gasteiger partial charge in [0.2, 0.25) is 0 Å². The number of ether oxygens (including phenoxy) is 4. The van der Waals surface area contributed by atoms with Gasteiger partial charge >= 0.3 is 5.97 Å². The first-order valence-electron chi connectivity index (χ1n) is 14.0. The number of carbonyl (C=O) groups excluding carboxylic acids is 2. The van der Waals surface area contributed by atoms with Crippen LogP contribution in [0.25, 0.3) is 0 Å². The van der Waals surface area contributed by atoms with Crippen molar-refractivity contribution in [2.75, 3.05) is 27.9 Å². The van der Waals surface area contributed by atoms with Crippen molar-refractivity contribution in [3.63, 3.8) is 0 Å². The Morgan fingerprint density at radius 1 is 0.930 bits per heavy atom. The van der Waals surface area contributed by atoms with Crippen LogP contribution in [-0.2, 0) is 20.7 Å². The summed E-state index contributed by atoms with van der Waals surface area (Å²) in [6.45, 7) is 2.01. The largest absolute Gasteiger partial charge is 0.503 e. The van der Waals surface area contributed by atoms with Crippen molar-refractivity contribution in [1.29, 1.82) is 0 Å². The van der Waals surface area contributed by atoms with Crippen LogP contribution in [0.15, 0.2) is 87.7 Å². The third kappa shape index (κ3) is 6.13. The normalized spacial score (nSPS) is 18.1. The molecule has 224 valence electrons.